The second-order valence-corrected chi connectivity index (χ2v) is 5.84. The maximum atomic E-state index is 2.28. The Morgan fingerprint density at radius 3 is 1.58 bits per heavy atom. The molecule has 2 aromatic heterocycles. The van der Waals surface area contributed by atoms with Crippen LogP contribution in [0.1, 0.15) is 13.3 Å². The zero-order chi connectivity index (χ0) is 16.4. The van der Waals surface area contributed by atoms with Gasteiger partial charge in [-0.2, -0.15) is 0 Å². The second kappa shape index (κ2) is 9.06. The molecule has 0 N–H and O–H groups in total. The highest BCUT2D eigenvalue weighted by atomic mass is 79.9. The number of pyridine rings is 2. The molecule has 2 heterocycles. The number of halogens is 2. The van der Waals surface area contributed by atoms with Crippen molar-refractivity contribution in [1.82, 2.24) is 0 Å². The van der Waals surface area contributed by atoms with Crippen LogP contribution < -0.4 is 43.1 Å². The van der Waals surface area contributed by atoms with Crippen LogP contribution in [-0.4, -0.2) is 0 Å². The van der Waals surface area contributed by atoms with Crippen LogP contribution in [-0.2, 0) is 0 Å². The molecule has 26 heavy (non-hydrogen) atoms. The van der Waals surface area contributed by atoms with E-state index in [0.29, 0.717) is 0 Å². The summed E-state index contributed by atoms with van der Waals surface area (Å²) in [5.41, 5.74) is 2.42. The molecule has 0 aliphatic heterocycles. The number of para-hydroxylation sites is 2. The first-order chi connectivity index (χ1) is 11.9. The Balaban J connectivity index is 0.00000121. The van der Waals surface area contributed by atoms with Crippen molar-refractivity contribution in [1.29, 1.82) is 0 Å². The molecule has 0 saturated heterocycles. The van der Waals surface area contributed by atoms with Crippen LogP contribution in [0.5, 0.6) is 0 Å². The summed E-state index contributed by atoms with van der Waals surface area (Å²) in [5, 5.41) is 2.48. The Hall–Kier alpha value is -2.04. The minimum atomic E-state index is 0. The fourth-order valence-corrected chi connectivity index (χ4v) is 3.22. The lowest BCUT2D eigenvalue weighted by atomic mass is 10.2. The van der Waals surface area contributed by atoms with Crippen LogP contribution in [0.25, 0.3) is 21.8 Å². The van der Waals surface area contributed by atoms with E-state index in [9.17, 15) is 0 Å². The quantitative estimate of drug-likeness (QED) is 0.310. The van der Waals surface area contributed by atoms with Gasteiger partial charge in [-0.05, 0) is 30.7 Å². The van der Waals surface area contributed by atoms with Crippen molar-refractivity contribution in [3.8, 4) is 0 Å². The van der Waals surface area contributed by atoms with Crippen molar-refractivity contribution >= 4 is 21.8 Å². The third kappa shape index (κ3) is 3.71. The Labute approximate surface area is 175 Å². The minimum absolute atomic E-state index is 0. The summed E-state index contributed by atoms with van der Waals surface area (Å²) in [5.74, 6) is 1.16. The molecule has 0 aliphatic rings. The fourth-order valence-electron chi connectivity index (χ4n) is 3.22. The van der Waals surface area contributed by atoms with Crippen molar-refractivity contribution in [3.05, 3.63) is 97.1 Å². The number of hydrogen-bond acceptors (Lipinski definition) is 0. The van der Waals surface area contributed by atoms with E-state index in [-0.39, 0.29) is 34.0 Å². The van der Waals surface area contributed by atoms with E-state index in [2.05, 4.69) is 107 Å². The Kier molecular flexibility index (Phi) is 7.06. The molecule has 0 saturated carbocycles. The van der Waals surface area contributed by atoms with Crippen LogP contribution >= 0.6 is 0 Å². The average Bonchev–Trinajstić information content (AvgIpc) is 2.65. The summed E-state index contributed by atoms with van der Waals surface area (Å²) in [6, 6.07) is 25.5. The van der Waals surface area contributed by atoms with Gasteiger partial charge in [0.1, 0.15) is 0 Å². The number of hydrogen-bond donors (Lipinski definition) is 0. The molecule has 0 unspecified atom stereocenters. The van der Waals surface area contributed by atoms with Gasteiger partial charge >= 0.3 is 5.82 Å². The van der Waals surface area contributed by atoms with Gasteiger partial charge in [-0.15, -0.1) is 9.13 Å². The largest absolute Gasteiger partial charge is 1.00 e. The predicted molar refractivity (Wildman–Crippen MR) is 97.2 cm³/mol. The molecule has 4 heteroatoms. The second-order valence-electron chi connectivity index (χ2n) is 5.84. The molecule has 2 aromatic carbocycles. The first-order valence-corrected chi connectivity index (χ1v) is 8.38. The van der Waals surface area contributed by atoms with Crippen LogP contribution in [0.4, 0.5) is 0 Å². The first kappa shape index (κ1) is 20.3. The summed E-state index contributed by atoms with van der Waals surface area (Å²) in [6.45, 7) is 2.18. The van der Waals surface area contributed by atoms with E-state index in [0.717, 1.165) is 12.2 Å². The van der Waals surface area contributed by atoms with E-state index < -0.39 is 0 Å². The number of allylic oxidation sites excluding steroid dienone is 1. The monoisotopic (exact) mass is 470 g/mol. The summed E-state index contributed by atoms with van der Waals surface area (Å²) in [7, 11) is 0. The van der Waals surface area contributed by atoms with Gasteiger partial charge in [-0.1, -0.05) is 31.2 Å². The fraction of sp³-hybridized carbons (Fsp3) is 0.0909. The maximum Gasteiger partial charge on any atom is 0.451 e. The Morgan fingerprint density at radius 1 is 0.692 bits per heavy atom. The topological polar surface area (TPSA) is 7.76 Å². The van der Waals surface area contributed by atoms with Crippen LogP contribution in [0.15, 0.2) is 91.3 Å². The molecular formula is C22H20Br2N2. The van der Waals surface area contributed by atoms with Crippen molar-refractivity contribution in [2.24, 2.45) is 0 Å². The van der Waals surface area contributed by atoms with Gasteiger partial charge in [0.05, 0.1) is 6.08 Å². The summed E-state index contributed by atoms with van der Waals surface area (Å²) >= 11 is 0. The van der Waals surface area contributed by atoms with Crippen molar-refractivity contribution < 1.29 is 43.1 Å². The van der Waals surface area contributed by atoms with Crippen LogP contribution in [0.2, 0.25) is 0 Å². The van der Waals surface area contributed by atoms with E-state index in [1.54, 1.807) is 0 Å². The molecule has 0 atom stereocenters. The number of aromatic nitrogens is 2. The molecule has 0 bridgehead atoms. The Morgan fingerprint density at radius 2 is 1.12 bits per heavy atom. The SMILES string of the molecule is CCC=C([n+]1cccc2ccccc21)[n+]1cccc2ccccc21.[Br-].[Br-]. The number of nitrogens with zero attached hydrogens (tertiary/aromatic N) is 2. The van der Waals surface area contributed by atoms with Gasteiger partial charge in [0, 0.05) is 35.0 Å². The zero-order valence-corrected chi connectivity index (χ0v) is 17.7. The first-order valence-electron chi connectivity index (χ1n) is 8.38. The van der Waals surface area contributed by atoms with Gasteiger partial charge in [0.2, 0.25) is 11.0 Å². The maximum absolute atomic E-state index is 2.28. The molecule has 0 spiro atoms. The van der Waals surface area contributed by atoms with E-state index in [4.69, 9.17) is 0 Å². The normalized spacial score (nSPS) is 10.0. The smallest absolute Gasteiger partial charge is 0.451 e. The van der Waals surface area contributed by atoms with E-state index in [1.165, 1.54) is 21.8 Å². The number of fused-ring (bicyclic) bond motifs is 2. The molecule has 4 aromatic rings. The molecule has 0 aliphatic carbocycles. The minimum Gasteiger partial charge on any atom is -1.00 e. The predicted octanol–water partition coefficient (Wildman–Crippen LogP) is -1.85. The highest BCUT2D eigenvalue weighted by molar-refractivity contribution is 5.76. The summed E-state index contributed by atoms with van der Waals surface area (Å²) in [4.78, 5) is 0. The molecule has 0 radical (unpaired) electrons. The highest BCUT2D eigenvalue weighted by Gasteiger charge is 2.25. The van der Waals surface area contributed by atoms with Crippen LogP contribution in [0.3, 0.4) is 0 Å². The molecule has 0 fully saturated rings. The third-order valence-corrected chi connectivity index (χ3v) is 4.29. The van der Waals surface area contributed by atoms with Gasteiger partial charge in [-0.3, -0.25) is 0 Å². The Bertz CT molecular complexity index is 966. The molecule has 4 rings (SSSR count). The van der Waals surface area contributed by atoms with Gasteiger partial charge in [-0.25, -0.2) is 0 Å². The third-order valence-electron chi connectivity index (χ3n) is 4.29. The number of rotatable bonds is 3. The molecule has 0 amide bonds. The average molecular weight is 472 g/mol. The van der Waals surface area contributed by atoms with E-state index in [1.807, 2.05) is 0 Å². The van der Waals surface area contributed by atoms with Crippen molar-refractivity contribution in [2.45, 2.75) is 13.3 Å². The molecule has 132 valence electrons. The van der Waals surface area contributed by atoms with Gasteiger partial charge in [0.15, 0.2) is 12.4 Å². The molecular weight excluding hydrogens is 452 g/mol. The lowest BCUT2D eigenvalue weighted by Gasteiger charge is -2.03. The van der Waals surface area contributed by atoms with Crippen LogP contribution in [0, 0.1) is 5.82 Å². The number of benzene rings is 2. The van der Waals surface area contributed by atoms with Gasteiger partial charge in [0.25, 0.3) is 0 Å². The van der Waals surface area contributed by atoms with E-state index >= 15 is 0 Å². The lowest BCUT2D eigenvalue weighted by molar-refractivity contribution is -0.812. The van der Waals surface area contributed by atoms with Crippen molar-refractivity contribution in [2.75, 3.05) is 0 Å². The lowest BCUT2D eigenvalue weighted by Crippen LogP contribution is -3.00. The summed E-state index contributed by atoms with van der Waals surface area (Å²) < 4.78 is 4.54. The zero-order valence-electron chi connectivity index (χ0n) is 14.5. The standard InChI is InChI=1S/C22H20N2.2BrH/c1-2-9-22(23-16-7-12-18-10-3-5-14-20(18)23)24-17-8-13-19-11-4-6-15-21(19)24;;/h3-17H,2H2,1H3;2*1H/q+2;;/p-2. The van der Waals surface area contributed by atoms with Crippen molar-refractivity contribution in [3.63, 3.8) is 0 Å². The molecule has 2 nitrogen and oxygen atoms in total. The summed E-state index contributed by atoms with van der Waals surface area (Å²) in [6.07, 6.45) is 7.53. The van der Waals surface area contributed by atoms with Gasteiger partial charge < -0.3 is 34.0 Å². The highest BCUT2D eigenvalue weighted by Crippen LogP contribution is 2.11.